The zero-order valence-electron chi connectivity index (χ0n) is 10.4. The van der Waals surface area contributed by atoms with Crippen LogP contribution in [0.2, 0.25) is 0 Å². The number of hydrogen-bond donors (Lipinski definition) is 2. The zero-order valence-corrected chi connectivity index (χ0v) is 10.4. The third-order valence-electron chi connectivity index (χ3n) is 3.71. The van der Waals surface area contributed by atoms with E-state index in [1.165, 1.54) is 0 Å². The van der Waals surface area contributed by atoms with Crippen LogP contribution in [-0.2, 0) is 4.79 Å². The van der Waals surface area contributed by atoms with Crippen LogP contribution in [0.1, 0.15) is 43.2 Å². The van der Waals surface area contributed by atoms with Crippen LogP contribution in [0.5, 0.6) is 0 Å². The second-order valence-corrected chi connectivity index (χ2v) is 4.79. The summed E-state index contributed by atoms with van der Waals surface area (Å²) in [5.74, 6) is 0.131. The SMILES string of the molecule is CC(=O)N1[C@H](c2ccc[nH]2)CC[C@H]1c1ccc[nH]1. The van der Waals surface area contributed by atoms with E-state index < -0.39 is 0 Å². The number of aromatic nitrogens is 2. The minimum Gasteiger partial charge on any atom is -0.363 e. The van der Waals surface area contributed by atoms with Gasteiger partial charge in [-0.1, -0.05) is 0 Å². The first-order valence-electron chi connectivity index (χ1n) is 6.33. The Balaban J connectivity index is 1.93. The molecule has 1 amide bonds. The number of carbonyl (C=O) groups excluding carboxylic acids is 1. The van der Waals surface area contributed by atoms with E-state index >= 15 is 0 Å². The molecule has 18 heavy (non-hydrogen) atoms. The molecule has 2 aromatic rings. The first-order valence-corrected chi connectivity index (χ1v) is 6.33. The van der Waals surface area contributed by atoms with E-state index in [-0.39, 0.29) is 18.0 Å². The molecule has 1 aliphatic rings. The van der Waals surface area contributed by atoms with Gasteiger partial charge in [-0.25, -0.2) is 0 Å². The Kier molecular flexibility index (Phi) is 2.70. The van der Waals surface area contributed by atoms with E-state index in [1.54, 1.807) is 6.92 Å². The molecule has 0 aromatic carbocycles. The van der Waals surface area contributed by atoms with Gasteiger partial charge in [0.25, 0.3) is 0 Å². The Labute approximate surface area is 106 Å². The Bertz CT molecular complexity index is 473. The third kappa shape index (κ3) is 1.74. The molecule has 2 atom stereocenters. The summed E-state index contributed by atoms with van der Waals surface area (Å²) in [4.78, 5) is 20.4. The summed E-state index contributed by atoms with van der Waals surface area (Å²) in [6.07, 6.45) is 5.83. The zero-order chi connectivity index (χ0) is 12.5. The molecule has 94 valence electrons. The second-order valence-electron chi connectivity index (χ2n) is 4.79. The van der Waals surface area contributed by atoms with Gasteiger partial charge in [0.2, 0.25) is 5.91 Å². The topological polar surface area (TPSA) is 51.9 Å². The quantitative estimate of drug-likeness (QED) is 0.837. The number of carbonyl (C=O) groups is 1. The number of rotatable bonds is 2. The van der Waals surface area contributed by atoms with Crippen molar-refractivity contribution in [2.45, 2.75) is 31.8 Å². The molecule has 2 N–H and O–H groups in total. The average Bonchev–Trinajstić information content (AvgIpc) is 3.10. The van der Waals surface area contributed by atoms with Gasteiger partial charge in [-0.2, -0.15) is 0 Å². The van der Waals surface area contributed by atoms with Gasteiger partial charge in [0, 0.05) is 30.7 Å². The summed E-state index contributed by atoms with van der Waals surface area (Å²) >= 11 is 0. The van der Waals surface area contributed by atoms with Crippen LogP contribution in [0.25, 0.3) is 0 Å². The number of amides is 1. The summed E-state index contributed by atoms with van der Waals surface area (Å²) in [5, 5.41) is 0. The van der Waals surface area contributed by atoms with E-state index in [2.05, 4.69) is 22.1 Å². The normalized spacial score (nSPS) is 23.5. The first kappa shape index (κ1) is 11.1. The molecular formula is C14H17N3O. The van der Waals surface area contributed by atoms with Gasteiger partial charge >= 0.3 is 0 Å². The summed E-state index contributed by atoms with van der Waals surface area (Å²) < 4.78 is 0. The molecule has 0 unspecified atom stereocenters. The summed E-state index contributed by atoms with van der Waals surface area (Å²) in [7, 11) is 0. The fraction of sp³-hybridized carbons (Fsp3) is 0.357. The molecule has 0 spiro atoms. The van der Waals surface area contributed by atoms with Crippen molar-refractivity contribution in [2.75, 3.05) is 0 Å². The molecule has 4 nitrogen and oxygen atoms in total. The number of nitrogens with zero attached hydrogens (tertiary/aromatic N) is 1. The summed E-state index contributed by atoms with van der Waals surface area (Å²) in [6, 6.07) is 8.41. The van der Waals surface area contributed by atoms with Crippen molar-refractivity contribution in [3.8, 4) is 0 Å². The van der Waals surface area contributed by atoms with Gasteiger partial charge in [0.05, 0.1) is 12.1 Å². The van der Waals surface area contributed by atoms with Crippen molar-refractivity contribution in [2.24, 2.45) is 0 Å². The molecule has 0 saturated carbocycles. The monoisotopic (exact) mass is 243 g/mol. The fourth-order valence-electron chi connectivity index (χ4n) is 2.96. The lowest BCUT2D eigenvalue weighted by atomic mass is 10.1. The summed E-state index contributed by atoms with van der Waals surface area (Å²) in [5.41, 5.74) is 2.25. The fourth-order valence-corrected chi connectivity index (χ4v) is 2.96. The Morgan fingerprint density at radius 1 is 1.11 bits per heavy atom. The first-order chi connectivity index (χ1) is 8.77. The number of likely N-dealkylation sites (tertiary alicyclic amines) is 1. The molecule has 4 heteroatoms. The molecule has 3 heterocycles. The van der Waals surface area contributed by atoms with Crippen LogP contribution in [0, 0.1) is 0 Å². The highest BCUT2D eigenvalue weighted by molar-refractivity contribution is 5.74. The predicted octanol–water partition coefficient (Wildman–Crippen LogP) is 2.77. The smallest absolute Gasteiger partial charge is 0.220 e. The van der Waals surface area contributed by atoms with Crippen LogP contribution >= 0.6 is 0 Å². The highest BCUT2D eigenvalue weighted by Crippen LogP contribution is 2.42. The molecule has 0 aliphatic carbocycles. The van der Waals surface area contributed by atoms with Crippen LogP contribution in [-0.4, -0.2) is 20.8 Å². The van der Waals surface area contributed by atoms with E-state index in [1.807, 2.05) is 29.4 Å². The van der Waals surface area contributed by atoms with Crippen LogP contribution < -0.4 is 0 Å². The summed E-state index contributed by atoms with van der Waals surface area (Å²) in [6.45, 7) is 1.65. The Hall–Kier alpha value is -1.97. The largest absolute Gasteiger partial charge is 0.363 e. The Morgan fingerprint density at radius 2 is 1.61 bits per heavy atom. The van der Waals surface area contributed by atoms with Gasteiger partial charge in [0.15, 0.2) is 0 Å². The van der Waals surface area contributed by atoms with Crippen molar-refractivity contribution in [1.82, 2.24) is 14.9 Å². The van der Waals surface area contributed by atoms with Gasteiger partial charge in [-0.3, -0.25) is 4.79 Å². The van der Waals surface area contributed by atoms with Crippen molar-refractivity contribution in [3.63, 3.8) is 0 Å². The van der Waals surface area contributed by atoms with Crippen LogP contribution in [0.3, 0.4) is 0 Å². The molecule has 1 aliphatic heterocycles. The van der Waals surface area contributed by atoms with Gasteiger partial charge in [-0.15, -0.1) is 0 Å². The van der Waals surface area contributed by atoms with Crippen molar-refractivity contribution >= 4 is 5.91 Å². The number of aromatic amines is 2. The number of H-pyrrole nitrogens is 2. The minimum absolute atomic E-state index is 0.131. The van der Waals surface area contributed by atoms with E-state index in [4.69, 9.17) is 0 Å². The maximum absolute atomic E-state index is 12.0. The highest BCUT2D eigenvalue weighted by Gasteiger charge is 2.37. The standard InChI is InChI=1S/C14H17N3O/c1-10(18)17-13(11-4-2-8-15-11)6-7-14(17)12-5-3-9-16-12/h2-5,8-9,13-16H,6-7H2,1H3/t13-,14-/m0/s1. The maximum atomic E-state index is 12.0. The molecule has 2 aromatic heterocycles. The van der Waals surface area contributed by atoms with Crippen molar-refractivity contribution < 1.29 is 4.79 Å². The lowest BCUT2D eigenvalue weighted by Crippen LogP contribution is -2.31. The lowest BCUT2D eigenvalue weighted by molar-refractivity contribution is -0.132. The Morgan fingerprint density at radius 3 is 1.94 bits per heavy atom. The molecule has 0 bridgehead atoms. The third-order valence-corrected chi connectivity index (χ3v) is 3.71. The molecule has 0 radical (unpaired) electrons. The lowest BCUT2D eigenvalue weighted by Gasteiger charge is -2.28. The molecule has 1 saturated heterocycles. The predicted molar refractivity (Wildman–Crippen MR) is 68.8 cm³/mol. The van der Waals surface area contributed by atoms with E-state index in [0.29, 0.717) is 0 Å². The van der Waals surface area contributed by atoms with Gasteiger partial charge < -0.3 is 14.9 Å². The number of hydrogen-bond acceptors (Lipinski definition) is 1. The molecule has 1 fully saturated rings. The van der Waals surface area contributed by atoms with E-state index in [9.17, 15) is 4.79 Å². The van der Waals surface area contributed by atoms with E-state index in [0.717, 1.165) is 24.2 Å². The number of nitrogens with one attached hydrogen (secondary N) is 2. The maximum Gasteiger partial charge on any atom is 0.220 e. The highest BCUT2D eigenvalue weighted by atomic mass is 16.2. The molecular weight excluding hydrogens is 226 g/mol. The van der Waals surface area contributed by atoms with Gasteiger partial charge in [-0.05, 0) is 37.1 Å². The average molecular weight is 243 g/mol. The van der Waals surface area contributed by atoms with Crippen molar-refractivity contribution in [1.29, 1.82) is 0 Å². The molecule has 3 rings (SSSR count). The van der Waals surface area contributed by atoms with Gasteiger partial charge in [0.1, 0.15) is 0 Å². The van der Waals surface area contributed by atoms with Crippen LogP contribution in [0.4, 0.5) is 0 Å². The van der Waals surface area contributed by atoms with Crippen LogP contribution in [0.15, 0.2) is 36.7 Å². The van der Waals surface area contributed by atoms with Crippen molar-refractivity contribution in [3.05, 3.63) is 48.0 Å². The second kappa shape index (κ2) is 4.37. The minimum atomic E-state index is 0.131.